The lowest BCUT2D eigenvalue weighted by Crippen LogP contribution is -1.97. The molecule has 0 radical (unpaired) electrons. The first-order valence-corrected chi connectivity index (χ1v) is 4.52. The van der Waals surface area contributed by atoms with Crippen LogP contribution in [-0.2, 0) is 0 Å². The summed E-state index contributed by atoms with van der Waals surface area (Å²) in [5, 5.41) is 20.7. The molecular formula is C9H4N2O7. The van der Waals surface area contributed by atoms with Gasteiger partial charge in [0.15, 0.2) is 11.5 Å². The zero-order chi connectivity index (χ0) is 13.3. The molecule has 0 saturated carbocycles. The molecule has 2 aromatic rings. The molecule has 0 aromatic carbocycles. The largest absolute Gasteiger partial charge is 0.433 e. The summed E-state index contributed by atoms with van der Waals surface area (Å²) in [6, 6.07) is 4.19. The van der Waals surface area contributed by atoms with E-state index < -0.39 is 27.4 Å². The Hall–Kier alpha value is -2.97. The quantitative estimate of drug-likeness (QED) is 0.461. The minimum atomic E-state index is -0.809. The number of ketones is 1. The Kier molecular flexibility index (Phi) is 2.64. The van der Waals surface area contributed by atoms with E-state index in [0.29, 0.717) is 0 Å². The number of hydrogen-bond donors (Lipinski definition) is 0. The number of nitro groups is 2. The van der Waals surface area contributed by atoms with Crippen LogP contribution in [0.15, 0.2) is 33.1 Å². The van der Waals surface area contributed by atoms with Gasteiger partial charge in [-0.2, -0.15) is 0 Å². The van der Waals surface area contributed by atoms with Crippen LogP contribution in [-0.4, -0.2) is 15.6 Å². The average Bonchev–Trinajstić information content (AvgIpc) is 2.97. The lowest BCUT2D eigenvalue weighted by atomic mass is 10.2. The fraction of sp³-hybridized carbons (Fsp3) is 0. The molecule has 0 aliphatic heterocycles. The lowest BCUT2D eigenvalue weighted by Gasteiger charge is -1.90. The molecule has 0 unspecified atom stereocenters. The van der Waals surface area contributed by atoms with Crippen LogP contribution in [0.2, 0.25) is 0 Å². The minimum absolute atomic E-state index is 0.328. The van der Waals surface area contributed by atoms with Crippen LogP contribution in [0.4, 0.5) is 11.8 Å². The molecule has 18 heavy (non-hydrogen) atoms. The minimum Gasteiger partial charge on any atom is -0.397 e. The molecular weight excluding hydrogens is 248 g/mol. The lowest BCUT2D eigenvalue weighted by molar-refractivity contribution is -0.402. The first-order valence-electron chi connectivity index (χ1n) is 4.52. The Morgan fingerprint density at radius 1 is 0.889 bits per heavy atom. The molecule has 0 spiro atoms. The third kappa shape index (κ3) is 1.96. The summed E-state index contributed by atoms with van der Waals surface area (Å²) < 4.78 is 9.31. The second-order valence-electron chi connectivity index (χ2n) is 3.12. The summed E-state index contributed by atoms with van der Waals surface area (Å²) in [6.07, 6.45) is 0. The molecule has 9 heteroatoms. The highest BCUT2D eigenvalue weighted by molar-refractivity contribution is 6.05. The van der Waals surface area contributed by atoms with Gasteiger partial charge in [-0.25, -0.2) is 0 Å². The Morgan fingerprint density at radius 3 is 1.56 bits per heavy atom. The molecule has 9 nitrogen and oxygen atoms in total. The highest BCUT2D eigenvalue weighted by Crippen LogP contribution is 2.22. The van der Waals surface area contributed by atoms with Gasteiger partial charge in [-0.05, 0) is 12.1 Å². The Morgan fingerprint density at radius 2 is 1.28 bits per heavy atom. The molecule has 0 atom stereocenters. The van der Waals surface area contributed by atoms with Gasteiger partial charge in [0, 0.05) is 0 Å². The molecule has 0 fully saturated rings. The van der Waals surface area contributed by atoms with Gasteiger partial charge in [-0.15, -0.1) is 0 Å². The summed E-state index contributed by atoms with van der Waals surface area (Å²) in [5.74, 6) is -2.66. The smallest absolute Gasteiger partial charge is 0.397 e. The van der Waals surface area contributed by atoms with Crippen molar-refractivity contribution in [2.75, 3.05) is 0 Å². The number of furan rings is 2. The maximum absolute atomic E-state index is 11.7. The van der Waals surface area contributed by atoms with Gasteiger partial charge in [-0.3, -0.25) is 25.0 Å². The van der Waals surface area contributed by atoms with Crippen molar-refractivity contribution in [2.45, 2.75) is 0 Å². The summed E-state index contributed by atoms with van der Waals surface area (Å²) in [5.41, 5.74) is 0. The van der Waals surface area contributed by atoms with Gasteiger partial charge in [0.05, 0.1) is 12.1 Å². The van der Waals surface area contributed by atoms with Gasteiger partial charge in [0.25, 0.3) is 5.78 Å². The van der Waals surface area contributed by atoms with Crippen molar-refractivity contribution in [3.05, 3.63) is 56.0 Å². The molecule has 0 bridgehead atoms. The highest BCUT2D eigenvalue weighted by Gasteiger charge is 2.23. The second-order valence-corrected chi connectivity index (χ2v) is 3.12. The van der Waals surface area contributed by atoms with Crippen molar-refractivity contribution < 1.29 is 23.5 Å². The summed E-state index contributed by atoms with van der Waals surface area (Å²) >= 11 is 0. The van der Waals surface area contributed by atoms with E-state index in [2.05, 4.69) is 8.83 Å². The summed E-state index contributed by atoms with van der Waals surface area (Å²) in [4.78, 5) is 30.8. The number of hydrogen-bond acceptors (Lipinski definition) is 7. The Balaban J connectivity index is 2.29. The van der Waals surface area contributed by atoms with Crippen molar-refractivity contribution in [3.8, 4) is 0 Å². The first kappa shape index (κ1) is 11.5. The number of nitrogens with zero attached hydrogens (tertiary/aromatic N) is 2. The van der Waals surface area contributed by atoms with Crippen molar-refractivity contribution in [1.29, 1.82) is 0 Å². The Bertz CT molecular complexity index is 585. The molecule has 92 valence electrons. The standard InChI is InChI=1S/C9H4N2O7/c12-9(5-1-3-7(17-5)10(13)14)6-2-4-8(18-6)11(15)16/h1-4H. The van der Waals surface area contributed by atoms with E-state index in [4.69, 9.17) is 0 Å². The van der Waals surface area contributed by atoms with Crippen molar-refractivity contribution in [1.82, 2.24) is 0 Å². The van der Waals surface area contributed by atoms with E-state index in [1.54, 1.807) is 0 Å². The van der Waals surface area contributed by atoms with E-state index in [9.17, 15) is 25.0 Å². The number of carbonyl (C=O) groups is 1. The maximum Gasteiger partial charge on any atom is 0.433 e. The SMILES string of the molecule is O=C(c1ccc([N+](=O)[O-])o1)c1ccc([N+](=O)[O-])o1. The van der Waals surface area contributed by atoms with Crippen LogP contribution in [0.25, 0.3) is 0 Å². The fourth-order valence-corrected chi connectivity index (χ4v) is 1.22. The third-order valence-electron chi connectivity index (χ3n) is 1.99. The highest BCUT2D eigenvalue weighted by atomic mass is 16.7. The predicted octanol–water partition coefficient (Wildman–Crippen LogP) is 1.92. The van der Waals surface area contributed by atoms with Crippen LogP contribution in [0.5, 0.6) is 0 Å². The van der Waals surface area contributed by atoms with Crippen LogP contribution in [0.3, 0.4) is 0 Å². The number of rotatable bonds is 4. The van der Waals surface area contributed by atoms with Gasteiger partial charge in [-0.1, -0.05) is 0 Å². The van der Waals surface area contributed by atoms with Gasteiger partial charge < -0.3 is 8.83 Å². The molecule has 2 rings (SSSR count). The van der Waals surface area contributed by atoms with E-state index in [1.165, 1.54) is 0 Å². The molecule has 0 saturated heterocycles. The fourth-order valence-electron chi connectivity index (χ4n) is 1.22. The van der Waals surface area contributed by atoms with E-state index in [1.807, 2.05) is 0 Å². The van der Waals surface area contributed by atoms with Crippen LogP contribution in [0, 0.1) is 20.2 Å². The van der Waals surface area contributed by atoms with Crippen molar-refractivity contribution >= 4 is 17.6 Å². The van der Waals surface area contributed by atoms with Crippen molar-refractivity contribution in [2.24, 2.45) is 0 Å². The average molecular weight is 252 g/mol. The topological polar surface area (TPSA) is 130 Å². The van der Waals surface area contributed by atoms with Crippen LogP contribution in [0.1, 0.15) is 16.3 Å². The molecule has 0 aliphatic rings. The summed E-state index contributed by atoms with van der Waals surface area (Å²) in [7, 11) is 0. The van der Waals surface area contributed by atoms with Gasteiger partial charge in [0.2, 0.25) is 0 Å². The monoisotopic (exact) mass is 252 g/mol. The zero-order valence-corrected chi connectivity index (χ0v) is 8.56. The molecule has 0 N–H and O–H groups in total. The van der Waals surface area contributed by atoms with Gasteiger partial charge >= 0.3 is 11.8 Å². The van der Waals surface area contributed by atoms with E-state index in [-0.39, 0.29) is 11.5 Å². The van der Waals surface area contributed by atoms with Crippen molar-refractivity contribution in [3.63, 3.8) is 0 Å². The molecule has 0 amide bonds. The maximum atomic E-state index is 11.7. The second kappa shape index (κ2) is 4.13. The van der Waals surface area contributed by atoms with E-state index in [0.717, 1.165) is 24.3 Å². The van der Waals surface area contributed by atoms with Crippen LogP contribution < -0.4 is 0 Å². The van der Waals surface area contributed by atoms with E-state index >= 15 is 0 Å². The Labute approximate surface area is 97.9 Å². The first-order chi connectivity index (χ1) is 8.49. The number of carbonyl (C=O) groups excluding carboxylic acids is 1. The molecule has 2 aromatic heterocycles. The normalized spacial score (nSPS) is 10.2. The zero-order valence-electron chi connectivity index (χ0n) is 8.56. The van der Waals surface area contributed by atoms with Gasteiger partial charge in [0.1, 0.15) is 9.85 Å². The molecule has 0 aliphatic carbocycles. The summed E-state index contributed by atoms with van der Waals surface area (Å²) in [6.45, 7) is 0. The molecule has 2 heterocycles. The third-order valence-corrected chi connectivity index (χ3v) is 1.99. The van der Waals surface area contributed by atoms with Crippen LogP contribution >= 0.6 is 0 Å². The predicted molar refractivity (Wildman–Crippen MR) is 54.2 cm³/mol.